The molecule has 0 unspecified atom stereocenters. The summed E-state index contributed by atoms with van der Waals surface area (Å²) in [7, 11) is -4.67. The summed E-state index contributed by atoms with van der Waals surface area (Å²) in [5.74, 6) is 0.328. The minimum absolute atomic E-state index is 0.328. The van der Waals surface area contributed by atoms with Crippen molar-refractivity contribution < 1.29 is 27.1 Å². The fourth-order valence-corrected chi connectivity index (χ4v) is 3.98. The molecular formula is C28H48NO5S+. The Bertz CT molecular complexity index is 826. The van der Waals surface area contributed by atoms with E-state index in [1.54, 1.807) is 6.07 Å². The summed E-state index contributed by atoms with van der Waals surface area (Å²) in [6.45, 7) is 15.0. The molecule has 0 bridgehead atoms. The Kier molecular flexibility index (Phi) is 18.2. The van der Waals surface area contributed by atoms with Crippen LogP contribution in [-0.4, -0.2) is 53.3 Å². The van der Waals surface area contributed by atoms with Crippen LogP contribution in [0, 0.1) is 0 Å². The zero-order valence-electron chi connectivity index (χ0n) is 22.2. The van der Waals surface area contributed by atoms with Crippen LogP contribution in [0.15, 0.2) is 54.6 Å². The molecule has 6 nitrogen and oxygen atoms in total. The third-order valence-corrected chi connectivity index (χ3v) is 5.93. The van der Waals surface area contributed by atoms with Crippen LogP contribution in [0.25, 0.3) is 11.1 Å². The van der Waals surface area contributed by atoms with Crippen molar-refractivity contribution in [1.82, 2.24) is 0 Å². The van der Waals surface area contributed by atoms with Crippen molar-refractivity contribution in [2.24, 2.45) is 0 Å². The fraction of sp³-hybridized carbons (Fsp3) is 0.571. The number of unbranched alkanes of at least 4 members (excludes halogenated alkanes) is 4. The molecule has 0 saturated carbocycles. The lowest BCUT2D eigenvalue weighted by molar-refractivity contribution is -0.929. The Hall–Kier alpha value is -1.93. The maximum absolute atomic E-state index is 9.56. The average molecular weight is 511 g/mol. The van der Waals surface area contributed by atoms with Gasteiger partial charge in [0.25, 0.3) is 0 Å². The number of phenols is 1. The van der Waals surface area contributed by atoms with Crippen molar-refractivity contribution in [3.63, 3.8) is 0 Å². The highest BCUT2D eigenvalue weighted by Gasteiger charge is 2.24. The summed E-state index contributed by atoms with van der Waals surface area (Å²) in [5, 5.41) is 9.56. The second-order valence-corrected chi connectivity index (χ2v) is 9.88. The Morgan fingerprint density at radius 1 is 0.629 bits per heavy atom. The number of para-hydroxylation sites is 1. The maximum atomic E-state index is 9.56. The van der Waals surface area contributed by atoms with E-state index in [0.29, 0.717) is 5.75 Å². The van der Waals surface area contributed by atoms with Crippen LogP contribution < -0.4 is 0 Å². The van der Waals surface area contributed by atoms with Crippen molar-refractivity contribution in [3.8, 4) is 16.9 Å². The molecule has 0 amide bonds. The number of rotatable bonds is 13. The van der Waals surface area contributed by atoms with Gasteiger partial charge in [-0.25, -0.2) is 0 Å². The molecule has 2 aromatic carbocycles. The number of hydrogen-bond acceptors (Lipinski definition) is 3. The van der Waals surface area contributed by atoms with E-state index < -0.39 is 10.4 Å². The second kappa shape index (κ2) is 19.3. The van der Waals surface area contributed by atoms with Gasteiger partial charge in [0, 0.05) is 5.56 Å². The Labute approximate surface area is 214 Å². The van der Waals surface area contributed by atoms with Gasteiger partial charge in [-0.1, -0.05) is 102 Å². The molecule has 0 aromatic heterocycles. The molecule has 2 aromatic rings. The smallest absolute Gasteiger partial charge is 0.394 e. The highest BCUT2D eigenvalue weighted by molar-refractivity contribution is 7.79. The predicted molar refractivity (Wildman–Crippen MR) is 147 cm³/mol. The molecule has 0 atom stereocenters. The lowest BCUT2D eigenvalue weighted by atomic mass is 10.1. The lowest BCUT2D eigenvalue weighted by Gasteiger charge is -2.39. The van der Waals surface area contributed by atoms with Crippen LogP contribution in [-0.2, 0) is 10.4 Å². The lowest BCUT2D eigenvalue weighted by Crippen LogP contribution is -2.50. The number of nitrogens with zero attached hydrogens (tertiary/aromatic N) is 1. The number of phenolic OH excluding ortho intramolecular Hbond substituents is 1. The van der Waals surface area contributed by atoms with Gasteiger partial charge in [-0.05, 0) is 37.3 Å². The third-order valence-electron chi connectivity index (χ3n) is 5.93. The summed E-state index contributed by atoms with van der Waals surface area (Å²) in [4.78, 5) is 0. The normalized spacial score (nSPS) is 11.1. The standard InChI is InChI=1S/C16H36N.C12H10O.H2O4S/c1-5-9-13-17(14-10-6-2,15-11-7-3)16-12-8-4;13-12-9-5-4-8-11(12)10-6-2-1-3-7-10;1-5(2,3)4/h5-16H2,1-4H3;1-9,13H;(H2,1,2,3,4)/q+1;;. The van der Waals surface area contributed by atoms with Crippen molar-refractivity contribution in [2.75, 3.05) is 26.2 Å². The van der Waals surface area contributed by atoms with Gasteiger partial charge in [-0.15, -0.1) is 0 Å². The first kappa shape index (κ1) is 33.1. The molecule has 0 saturated heterocycles. The molecule has 0 spiro atoms. The van der Waals surface area contributed by atoms with Crippen molar-refractivity contribution in [2.45, 2.75) is 79.1 Å². The summed E-state index contributed by atoms with van der Waals surface area (Å²) in [6.07, 6.45) is 11.1. The maximum Gasteiger partial charge on any atom is 0.394 e. The van der Waals surface area contributed by atoms with Crippen LogP contribution in [0.2, 0.25) is 0 Å². The molecule has 200 valence electrons. The Balaban J connectivity index is 0.000000564. The molecule has 3 N–H and O–H groups in total. The van der Waals surface area contributed by atoms with E-state index in [1.165, 1.54) is 82.0 Å². The zero-order valence-corrected chi connectivity index (χ0v) is 23.0. The topological polar surface area (TPSA) is 94.8 Å². The first-order valence-corrected chi connectivity index (χ1v) is 14.4. The molecule has 0 aliphatic carbocycles. The first-order chi connectivity index (χ1) is 16.6. The van der Waals surface area contributed by atoms with Crippen LogP contribution in [0.4, 0.5) is 0 Å². The van der Waals surface area contributed by atoms with Gasteiger partial charge in [0.2, 0.25) is 0 Å². The van der Waals surface area contributed by atoms with Crippen molar-refractivity contribution in [3.05, 3.63) is 54.6 Å². The molecule has 0 fully saturated rings. The number of hydrogen-bond donors (Lipinski definition) is 3. The summed E-state index contributed by atoms with van der Waals surface area (Å²) in [6, 6.07) is 17.2. The summed E-state index contributed by atoms with van der Waals surface area (Å²) in [5.41, 5.74) is 1.92. The van der Waals surface area contributed by atoms with Crippen LogP contribution in [0.5, 0.6) is 5.75 Å². The largest absolute Gasteiger partial charge is 0.507 e. The number of aromatic hydroxyl groups is 1. The van der Waals surface area contributed by atoms with E-state index in [-0.39, 0.29) is 0 Å². The number of quaternary nitrogens is 1. The van der Waals surface area contributed by atoms with E-state index in [0.717, 1.165) is 11.1 Å². The molecular weight excluding hydrogens is 462 g/mol. The van der Waals surface area contributed by atoms with E-state index in [9.17, 15) is 5.11 Å². The molecule has 0 aliphatic rings. The minimum atomic E-state index is -4.67. The average Bonchev–Trinajstić information content (AvgIpc) is 2.83. The van der Waals surface area contributed by atoms with Crippen LogP contribution in [0.1, 0.15) is 79.1 Å². The van der Waals surface area contributed by atoms with Gasteiger partial charge < -0.3 is 9.59 Å². The monoisotopic (exact) mass is 510 g/mol. The minimum Gasteiger partial charge on any atom is -0.507 e. The zero-order chi connectivity index (χ0) is 26.6. The van der Waals surface area contributed by atoms with Gasteiger partial charge in [-0.3, -0.25) is 9.11 Å². The van der Waals surface area contributed by atoms with Crippen molar-refractivity contribution in [1.29, 1.82) is 0 Å². The molecule has 0 aliphatic heterocycles. The molecule has 0 heterocycles. The second-order valence-electron chi connectivity index (χ2n) is 8.98. The molecule has 0 radical (unpaired) electrons. The van der Waals surface area contributed by atoms with E-state index in [2.05, 4.69) is 27.7 Å². The summed E-state index contributed by atoms with van der Waals surface area (Å²) < 4.78 is 33.0. The molecule has 35 heavy (non-hydrogen) atoms. The SMILES string of the molecule is CCCC[N+](CCCC)(CCCC)CCCC.O=S(=O)(O)O.Oc1ccccc1-c1ccccc1. The van der Waals surface area contributed by atoms with Crippen LogP contribution in [0.3, 0.4) is 0 Å². The highest BCUT2D eigenvalue weighted by Crippen LogP contribution is 2.27. The van der Waals surface area contributed by atoms with Gasteiger partial charge in [0.1, 0.15) is 5.75 Å². The quantitative estimate of drug-likeness (QED) is 0.193. The predicted octanol–water partition coefficient (Wildman–Crippen LogP) is 7.41. The third kappa shape index (κ3) is 17.2. The van der Waals surface area contributed by atoms with Gasteiger partial charge in [0.15, 0.2) is 0 Å². The van der Waals surface area contributed by atoms with E-state index in [4.69, 9.17) is 17.5 Å². The van der Waals surface area contributed by atoms with Crippen molar-refractivity contribution >= 4 is 10.4 Å². The van der Waals surface area contributed by atoms with Crippen LogP contribution >= 0.6 is 0 Å². The molecule has 2 rings (SSSR count). The Morgan fingerprint density at radius 2 is 0.971 bits per heavy atom. The van der Waals surface area contributed by atoms with Gasteiger partial charge in [0.05, 0.1) is 26.2 Å². The first-order valence-electron chi connectivity index (χ1n) is 13.0. The van der Waals surface area contributed by atoms with Gasteiger partial charge in [-0.2, -0.15) is 8.42 Å². The summed E-state index contributed by atoms with van der Waals surface area (Å²) >= 11 is 0. The van der Waals surface area contributed by atoms with E-state index in [1.807, 2.05) is 48.5 Å². The highest BCUT2D eigenvalue weighted by atomic mass is 32.3. The van der Waals surface area contributed by atoms with E-state index >= 15 is 0 Å². The Morgan fingerprint density at radius 3 is 1.31 bits per heavy atom. The fourth-order valence-electron chi connectivity index (χ4n) is 3.98. The number of benzene rings is 2. The molecule has 7 heteroatoms. The van der Waals surface area contributed by atoms with Gasteiger partial charge >= 0.3 is 10.4 Å².